The molecule has 5 heteroatoms. The second-order valence-corrected chi connectivity index (χ2v) is 7.57. The Bertz CT molecular complexity index is 524. The zero-order chi connectivity index (χ0) is 18.1. The quantitative estimate of drug-likeness (QED) is 0.586. The highest BCUT2D eigenvalue weighted by Crippen LogP contribution is 2.21. The van der Waals surface area contributed by atoms with E-state index in [-0.39, 0.29) is 5.41 Å². The van der Waals surface area contributed by atoms with E-state index in [1.54, 1.807) is 0 Å². The van der Waals surface area contributed by atoms with Crippen LogP contribution in [0.1, 0.15) is 26.3 Å². The maximum absolute atomic E-state index is 5.41. The molecule has 1 heterocycles. The number of hydrogen-bond donors (Lipinski definition) is 2. The van der Waals surface area contributed by atoms with Crippen molar-refractivity contribution in [1.82, 2.24) is 15.5 Å². The fraction of sp³-hybridized carbons (Fsp3) is 0.650. The predicted octanol–water partition coefficient (Wildman–Crippen LogP) is 2.10. The van der Waals surface area contributed by atoms with Crippen molar-refractivity contribution in [2.45, 2.75) is 26.2 Å². The number of morpholine rings is 1. The molecule has 1 unspecified atom stereocenters. The van der Waals surface area contributed by atoms with Crippen molar-refractivity contribution in [1.29, 1.82) is 0 Å². The summed E-state index contributed by atoms with van der Waals surface area (Å²) in [6.07, 6.45) is 0. The summed E-state index contributed by atoms with van der Waals surface area (Å²) in [5, 5.41) is 6.94. The molecule has 1 saturated heterocycles. The van der Waals surface area contributed by atoms with Gasteiger partial charge >= 0.3 is 0 Å². The summed E-state index contributed by atoms with van der Waals surface area (Å²) in [4.78, 5) is 6.84. The van der Waals surface area contributed by atoms with Crippen LogP contribution in [0.15, 0.2) is 35.3 Å². The molecule has 2 rings (SSSR count). The van der Waals surface area contributed by atoms with Crippen molar-refractivity contribution < 1.29 is 4.74 Å². The fourth-order valence-electron chi connectivity index (χ4n) is 3.08. The minimum Gasteiger partial charge on any atom is -0.379 e. The number of aliphatic imine (C=N–C) groups is 1. The van der Waals surface area contributed by atoms with Gasteiger partial charge in [0.15, 0.2) is 5.96 Å². The first-order valence-electron chi connectivity index (χ1n) is 9.31. The van der Waals surface area contributed by atoms with Gasteiger partial charge in [-0.05, 0) is 11.5 Å². The lowest BCUT2D eigenvalue weighted by Crippen LogP contribution is -2.46. The van der Waals surface area contributed by atoms with Gasteiger partial charge in [0.05, 0.1) is 13.2 Å². The van der Waals surface area contributed by atoms with Crippen molar-refractivity contribution in [3.63, 3.8) is 0 Å². The highest BCUT2D eigenvalue weighted by Gasteiger charge is 2.20. The Kier molecular flexibility index (Phi) is 7.72. The fourth-order valence-corrected chi connectivity index (χ4v) is 3.08. The van der Waals surface area contributed by atoms with Crippen LogP contribution in [0.25, 0.3) is 0 Å². The molecule has 1 aliphatic rings. The molecule has 0 aliphatic carbocycles. The molecule has 0 spiro atoms. The van der Waals surface area contributed by atoms with E-state index in [4.69, 9.17) is 4.74 Å². The van der Waals surface area contributed by atoms with Crippen molar-refractivity contribution in [2.75, 3.05) is 53.0 Å². The van der Waals surface area contributed by atoms with Crippen LogP contribution in [0.5, 0.6) is 0 Å². The summed E-state index contributed by atoms with van der Waals surface area (Å²) in [6.45, 7) is 13.5. The Morgan fingerprint density at radius 3 is 2.52 bits per heavy atom. The van der Waals surface area contributed by atoms with Crippen LogP contribution in [0.2, 0.25) is 0 Å². The topological polar surface area (TPSA) is 48.9 Å². The van der Waals surface area contributed by atoms with Crippen LogP contribution >= 0.6 is 0 Å². The molecule has 0 radical (unpaired) electrons. The van der Waals surface area contributed by atoms with Gasteiger partial charge in [0.2, 0.25) is 0 Å². The first-order chi connectivity index (χ1) is 12.0. The highest BCUT2D eigenvalue weighted by molar-refractivity contribution is 5.79. The molecule has 0 amide bonds. The molecule has 1 aromatic rings. The van der Waals surface area contributed by atoms with Crippen molar-refractivity contribution in [3.05, 3.63) is 35.9 Å². The maximum Gasteiger partial charge on any atom is 0.191 e. The Morgan fingerprint density at radius 2 is 1.88 bits per heavy atom. The number of guanidine groups is 1. The van der Waals surface area contributed by atoms with Crippen LogP contribution < -0.4 is 10.6 Å². The third kappa shape index (κ3) is 6.67. The van der Waals surface area contributed by atoms with Crippen LogP contribution in [0.4, 0.5) is 0 Å². The number of rotatable bonds is 7. The van der Waals surface area contributed by atoms with Gasteiger partial charge in [-0.25, -0.2) is 0 Å². The Morgan fingerprint density at radius 1 is 1.20 bits per heavy atom. The van der Waals surface area contributed by atoms with Crippen LogP contribution in [0.3, 0.4) is 0 Å². The highest BCUT2D eigenvalue weighted by atomic mass is 16.5. The number of benzene rings is 1. The zero-order valence-electron chi connectivity index (χ0n) is 16.2. The number of ether oxygens (including phenoxy) is 1. The summed E-state index contributed by atoms with van der Waals surface area (Å²) >= 11 is 0. The molecular formula is C20H34N4O. The number of nitrogens with one attached hydrogen (secondary N) is 2. The predicted molar refractivity (Wildman–Crippen MR) is 105 cm³/mol. The summed E-state index contributed by atoms with van der Waals surface area (Å²) in [5.41, 5.74) is 1.39. The molecule has 0 saturated carbocycles. The van der Waals surface area contributed by atoms with E-state index >= 15 is 0 Å². The molecule has 1 atom stereocenters. The van der Waals surface area contributed by atoms with Crippen LogP contribution in [-0.2, 0) is 10.2 Å². The third-order valence-electron chi connectivity index (χ3n) is 4.77. The Balaban J connectivity index is 1.74. The summed E-state index contributed by atoms with van der Waals surface area (Å²) in [5.74, 6) is 1.44. The molecular weight excluding hydrogens is 312 g/mol. The van der Waals surface area contributed by atoms with E-state index in [9.17, 15) is 0 Å². The molecule has 25 heavy (non-hydrogen) atoms. The molecule has 1 aromatic carbocycles. The van der Waals surface area contributed by atoms with Gasteiger partial charge in [-0.1, -0.05) is 51.1 Å². The minimum atomic E-state index is 0.0539. The molecule has 0 aromatic heterocycles. The summed E-state index contributed by atoms with van der Waals surface area (Å²) in [7, 11) is 1.83. The number of nitrogens with zero attached hydrogens (tertiary/aromatic N) is 2. The lowest BCUT2D eigenvalue weighted by Gasteiger charge is -2.30. The average Bonchev–Trinajstić information content (AvgIpc) is 2.63. The number of hydrogen-bond acceptors (Lipinski definition) is 3. The van der Waals surface area contributed by atoms with E-state index < -0.39 is 0 Å². The largest absolute Gasteiger partial charge is 0.379 e. The zero-order valence-corrected chi connectivity index (χ0v) is 16.2. The second-order valence-electron chi connectivity index (χ2n) is 7.57. The molecule has 1 fully saturated rings. The van der Waals surface area contributed by atoms with Gasteiger partial charge in [-0.15, -0.1) is 0 Å². The van der Waals surface area contributed by atoms with Gasteiger partial charge in [0.1, 0.15) is 0 Å². The molecule has 0 bridgehead atoms. The Hall–Kier alpha value is -1.59. The summed E-state index contributed by atoms with van der Waals surface area (Å²) < 4.78 is 5.41. The summed E-state index contributed by atoms with van der Waals surface area (Å²) in [6, 6.07) is 10.6. The monoisotopic (exact) mass is 346 g/mol. The lowest BCUT2D eigenvalue weighted by atomic mass is 9.85. The van der Waals surface area contributed by atoms with Crippen molar-refractivity contribution in [2.24, 2.45) is 10.9 Å². The van der Waals surface area contributed by atoms with E-state index in [1.165, 1.54) is 5.56 Å². The van der Waals surface area contributed by atoms with E-state index in [0.717, 1.165) is 51.9 Å². The first-order valence-corrected chi connectivity index (χ1v) is 9.31. The van der Waals surface area contributed by atoms with Gasteiger partial charge in [-0.3, -0.25) is 9.89 Å². The minimum absolute atomic E-state index is 0.0539. The van der Waals surface area contributed by atoms with Crippen molar-refractivity contribution in [3.8, 4) is 0 Å². The lowest BCUT2D eigenvalue weighted by molar-refractivity contribution is 0.0320. The van der Waals surface area contributed by atoms with Gasteiger partial charge in [-0.2, -0.15) is 0 Å². The normalized spacial score (nSPS) is 18.0. The Labute approximate surface area is 152 Å². The van der Waals surface area contributed by atoms with E-state index in [2.05, 4.69) is 71.6 Å². The second kappa shape index (κ2) is 9.78. The third-order valence-corrected chi connectivity index (χ3v) is 4.77. The smallest absolute Gasteiger partial charge is 0.191 e. The van der Waals surface area contributed by atoms with Gasteiger partial charge in [0, 0.05) is 45.2 Å². The molecule has 5 nitrogen and oxygen atoms in total. The van der Waals surface area contributed by atoms with E-state index in [0.29, 0.717) is 5.92 Å². The van der Waals surface area contributed by atoms with E-state index in [1.807, 2.05) is 7.05 Å². The maximum atomic E-state index is 5.41. The molecule has 2 N–H and O–H groups in total. The van der Waals surface area contributed by atoms with Crippen LogP contribution in [0, 0.1) is 5.92 Å². The standard InChI is InChI=1S/C20H34N4O/c1-17(15-24-10-12-25-13-11-24)14-22-19(21-4)23-16-20(2,3)18-8-6-5-7-9-18/h5-9,17H,10-16H2,1-4H3,(H2,21,22,23). The van der Waals surface area contributed by atoms with Crippen LogP contribution in [-0.4, -0.2) is 63.8 Å². The van der Waals surface area contributed by atoms with Crippen molar-refractivity contribution >= 4 is 5.96 Å². The van der Waals surface area contributed by atoms with Gasteiger partial charge < -0.3 is 15.4 Å². The molecule has 140 valence electrons. The average molecular weight is 347 g/mol. The first kappa shape index (κ1) is 19.7. The van der Waals surface area contributed by atoms with Gasteiger partial charge in [0.25, 0.3) is 0 Å². The molecule has 1 aliphatic heterocycles. The SMILES string of the molecule is CN=C(NCC(C)CN1CCOCC1)NCC(C)(C)c1ccccc1.